The van der Waals surface area contributed by atoms with Crippen LogP contribution in [-0.4, -0.2) is 37.7 Å². The number of hydrogen-bond acceptors (Lipinski definition) is 5. The van der Waals surface area contributed by atoms with Crippen molar-refractivity contribution in [3.8, 4) is 5.75 Å². The Kier molecular flexibility index (Phi) is 8.19. The van der Waals surface area contributed by atoms with Gasteiger partial charge >= 0.3 is 5.97 Å². The molecule has 2 aromatic rings. The number of carbonyl (C=O) groups is 2. The van der Waals surface area contributed by atoms with E-state index < -0.39 is 28.4 Å². The predicted molar refractivity (Wildman–Crippen MR) is 115 cm³/mol. The summed E-state index contributed by atoms with van der Waals surface area (Å²) in [6, 6.07) is 7.18. The Balaban J connectivity index is 2.17. The third kappa shape index (κ3) is 6.94. The fourth-order valence-electron chi connectivity index (χ4n) is 2.29. The van der Waals surface area contributed by atoms with E-state index in [1.165, 1.54) is 25.1 Å². The number of halogens is 3. The molecule has 30 heavy (non-hydrogen) atoms. The van der Waals surface area contributed by atoms with E-state index in [4.69, 9.17) is 44.6 Å². The molecule has 0 aliphatic heterocycles. The molecule has 0 radical (unpaired) electrons. The number of ether oxygens (including phenoxy) is 1. The number of carboxylic acids is 1. The van der Waals surface area contributed by atoms with Gasteiger partial charge in [0, 0.05) is 10.6 Å². The molecule has 0 saturated carbocycles. The van der Waals surface area contributed by atoms with E-state index in [-0.39, 0.29) is 39.4 Å². The Morgan fingerprint density at radius 2 is 1.70 bits per heavy atom. The standard InChI is InChI=1S/C18H17Cl3N2O6S/c1-2-30(27,28)23-13-4-10(3-12(19)7-13)9-29-17-14(20)5-11(6-15(17)21)18(26)22-8-16(24)25/h3-7,23H,2,8-9H2,1H3,(H,22,26)(H,24,25). The van der Waals surface area contributed by atoms with Gasteiger partial charge < -0.3 is 15.2 Å². The van der Waals surface area contributed by atoms with Gasteiger partial charge in [-0.1, -0.05) is 34.8 Å². The number of anilines is 1. The van der Waals surface area contributed by atoms with E-state index in [2.05, 4.69) is 10.0 Å². The van der Waals surface area contributed by atoms with Gasteiger partial charge in [-0.05, 0) is 42.8 Å². The first-order valence-corrected chi connectivity index (χ1v) is 11.2. The Morgan fingerprint density at radius 3 is 2.27 bits per heavy atom. The van der Waals surface area contributed by atoms with Gasteiger partial charge in [0.25, 0.3) is 5.91 Å². The van der Waals surface area contributed by atoms with Crippen LogP contribution < -0.4 is 14.8 Å². The van der Waals surface area contributed by atoms with E-state index in [0.29, 0.717) is 10.6 Å². The zero-order chi connectivity index (χ0) is 22.5. The van der Waals surface area contributed by atoms with Gasteiger partial charge in [-0.3, -0.25) is 14.3 Å². The lowest BCUT2D eigenvalue weighted by Crippen LogP contribution is -2.29. The summed E-state index contributed by atoms with van der Waals surface area (Å²) < 4.78 is 31.5. The Labute approximate surface area is 188 Å². The van der Waals surface area contributed by atoms with Gasteiger partial charge in [-0.15, -0.1) is 0 Å². The topological polar surface area (TPSA) is 122 Å². The highest BCUT2D eigenvalue weighted by Crippen LogP contribution is 2.35. The minimum atomic E-state index is -3.48. The first kappa shape index (κ1) is 24.1. The van der Waals surface area contributed by atoms with Crippen molar-refractivity contribution in [2.24, 2.45) is 0 Å². The molecule has 0 aromatic heterocycles. The van der Waals surface area contributed by atoms with Gasteiger partial charge in [-0.25, -0.2) is 8.42 Å². The number of benzene rings is 2. The highest BCUT2D eigenvalue weighted by Gasteiger charge is 2.15. The summed E-state index contributed by atoms with van der Waals surface area (Å²) in [4.78, 5) is 22.5. The van der Waals surface area contributed by atoms with Crippen LogP contribution in [0, 0.1) is 0 Å². The van der Waals surface area contributed by atoms with E-state index in [1.54, 1.807) is 12.1 Å². The fourth-order valence-corrected chi connectivity index (χ4v) is 3.76. The van der Waals surface area contributed by atoms with Gasteiger partial charge in [0.15, 0.2) is 5.75 Å². The highest BCUT2D eigenvalue weighted by molar-refractivity contribution is 7.92. The molecule has 2 rings (SSSR count). The lowest BCUT2D eigenvalue weighted by molar-refractivity contribution is -0.135. The number of nitrogens with one attached hydrogen (secondary N) is 2. The first-order valence-electron chi connectivity index (χ1n) is 8.42. The number of carbonyl (C=O) groups excluding carboxylic acids is 1. The van der Waals surface area contributed by atoms with Gasteiger partial charge in [0.05, 0.1) is 21.5 Å². The molecule has 0 fully saturated rings. The molecule has 0 unspecified atom stereocenters. The molecule has 12 heteroatoms. The average Bonchev–Trinajstić information content (AvgIpc) is 2.64. The number of carboxylic acid groups (broad SMARTS) is 1. The summed E-state index contributed by atoms with van der Waals surface area (Å²) in [5, 5.41) is 11.2. The van der Waals surface area contributed by atoms with Crippen LogP contribution in [0.15, 0.2) is 30.3 Å². The Bertz CT molecular complexity index is 1050. The maximum absolute atomic E-state index is 12.0. The van der Waals surface area contributed by atoms with E-state index in [1.807, 2.05) is 0 Å². The van der Waals surface area contributed by atoms with Crippen molar-refractivity contribution in [1.29, 1.82) is 0 Å². The Hall–Kier alpha value is -2.20. The van der Waals surface area contributed by atoms with E-state index >= 15 is 0 Å². The zero-order valence-corrected chi connectivity index (χ0v) is 18.6. The van der Waals surface area contributed by atoms with Crippen LogP contribution in [0.5, 0.6) is 5.75 Å². The van der Waals surface area contributed by atoms with Crippen molar-refractivity contribution in [2.75, 3.05) is 17.0 Å². The summed E-state index contributed by atoms with van der Waals surface area (Å²) in [5.41, 5.74) is 0.898. The molecule has 0 aliphatic carbocycles. The van der Waals surface area contributed by atoms with Gasteiger partial charge in [0.2, 0.25) is 10.0 Å². The second-order valence-corrected chi connectivity index (χ2v) is 9.25. The van der Waals surface area contributed by atoms with E-state index in [0.717, 1.165) is 0 Å². The van der Waals surface area contributed by atoms with Crippen LogP contribution in [0.3, 0.4) is 0 Å². The molecule has 162 valence electrons. The lowest BCUT2D eigenvalue weighted by Gasteiger charge is -2.13. The Morgan fingerprint density at radius 1 is 1.07 bits per heavy atom. The molecular formula is C18H17Cl3N2O6S. The number of rotatable bonds is 9. The van der Waals surface area contributed by atoms with Crippen molar-refractivity contribution in [3.63, 3.8) is 0 Å². The molecule has 0 saturated heterocycles. The van der Waals surface area contributed by atoms with Crippen LogP contribution >= 0.6 is 34.8 Å². The molecule has 0 bridgehead atoms. The summed E-state index contributed by atoms with van der Waals surface area (Å²) in [6.07, 6.45) is 0. The predicted octanol–water partition coefficient (Wildman–Crippen LogP) is 3.80. The smallest absolute Gasteiger partial charge is 0.322 e. The molecule has 8 nitrogen and oxygen atoms in total. The maximum Gasteiger partial charge on any atom is 0.322 e. The second-order valence-electron chi connectivity index (χ2n) is 5.99. The summed E-state index contributed by atoms with van der Waals surface area (Å²) >= 11 is 18.4. The van der Waals surface area contributed by atoms with Crippen LogP contribution in [0.1, 0.15) is 22.8 Å². The largest absolute Gasteiger partial charge is 0.486 e. The maximum atomic E-state index is 12.0. The average molecular weight is 496 g/mol. The van der Waals surface area contributed by atoms with E-state index in [9.17, 15) is 18.0 Å². The molecular weight excluding hydrogens is 479 g/mol. The van der Waals surface area contributed by atoms with Gasteiger partial charge in [-0.2, -0.15) is 0 Å². The molecule has 1 amide bonds. The monoisotopic (exact) mass is 494 g/mol. The normalized spacial score (nSPS) is 11.1. The van der Waals surface area contributed by atoms with Crippen molar-refractivity contribution < 1.29 is 27.9 Å². The van der Waals surface area contributed by atoms with Crippen LogP contribution in [0.25, 0.3) is 0 Å². The molecule has 0 atom stereocenters. The van der Waals surface area contributed by atoms with Crippen LogP contribution in [0.2, 0.25) is 15.1 Å². The molecule has 0 aliphatic rings. The highest BCUT2D eigenvalue weighted by atomic mass is 35.5. The molecule has 0 heterocycles. The second kappa shape index (κ2) is 10.2. The number of sulfonamides is 1. The molecule has 3 N–H and O–H groups in total. The summed E-state index contributed by atoms with van der Waals surface area (Å²) in [7, 11) is -3.48. The number of hydrogen-bond donors (Lipinski definition) is 3. The number of amides is 1. The van der Waals surface area contributed by atoms with Crippen LogP contribution in [-0.2, 0) is 21.4 Å². The van der Waals surface area contributed by atoms with Crippen molar-refractivity contribution in [1.82, 2.24) is 5.32 Å². The minimum absolute atomic E-state index is 0.0363. The number of aliphatic carboxylic acids is 1. The van der Waals surface area contributed by atoms with Gasteiger partial charge in [0.1, 0.15) is 13.2 Å². The molecule has 0 spiro atoms. The van der Waals surface area contributed by atoms with Crippen molar-refractivity contribution in [3.05, 3.63) is 56.5 Å². The fraction of sp³-hybridized carbons (Fsp3) is 0.222. The third-order valence-corrected chi connectivity index (χ3v) is 5.74. The SMILES string of the molecule is CCS(=O)(=O)Nc1cc(Cl)cc(COc2c(Cl)cc(C(=O)NCC(=O)O)cc2Cl)c1. The third-order valence-electron chi connectivity index (χ3n) is 3.65. The van der Waals surface area contributed by atoms with Crippen molar-refractivity contribution >= 4 is 62.4 Å². The minimum Gasteiger partial charge on any atom is -0.486 e. The zero-order valence-electron chi connectivity index (χ0n) is 15.5. The molecule has 2 aromatic carbocycles. The van der Waals surface area contributed by atoms with Crippen molar-refractivity contribution in [2.45, 2.75) is 13.5 Å². The first-order chi connectivity index (χ1) is 14.0. The quantitative estimate of drug-likeness (QED) is 0.486. The lowest BCUT2D eigenvalue weighted by atomic mass is 10.2. The van der Waals surface area contributed by atoms with Crippen LogP contribution in [0.4, 0.5) is 5.69 Å². The summed E-state index contributed by atoms with van der Waals surface area (Å²) in [6.45, 7) is 0.920. The summed E-state index contributed by atoms with van der Waals surface area (Å²) in [5.74, 6) is -1.84.